The Morgan fingerprint density at radius 2 is 1.37 bits per heavy atom. The zero-order chi connectivity index (χ0) is 22.6. The van der Waals surface area contributed by atoms with Gasteiger partial charge in [-0.3, -0.25) is 9.59 Å². The smallest absolute Gasteiger partial charge is 0.344 e. The Bertz CT molecular complexity index is 974. The van der Waals surface area contributed by atoms with Crippen molar-refractivity contribution in [3.63, 3.8) is 0 Å². The van der Waals surface area contributed by atoms with Crippen LogP contribution in [0.4, 0.5) is 0 Å². The molecule has 160 valence electrons. The molecule has 0 atom stereocenters. The normalized spacial score (nSPS) is 10.5. The Labute approximate surface area is 177 Å². The topological polar surface area (TPSA) is 78.9 Å². The van der Waals surface area contributed by atoms with Crippen molar-refractivity contribution in [2.45, 2.75) is 41.5 Å². The molecule has 0 saturated heterocycles. The highest BCUT2D eigenvalue weighted by Gasteiger charge is 2.20. The SMILES string of the molecule is COc1cc(C(C)=O)ccc1OCC(=O)OCC(=O)c1c(C)c(C)c(C)c(C)c1C. The number of esters is 1. The van der Waals surface area contributed by atoms with E-state index in [0.717, 1.165) is 27.8 Å². The molecular weight excluding hydrogens is 384 g/mol. The maximum absolute atomic E-state index is 12.7. The van der Waals surface area contributed by atoms with E-state index >= 15 is 0 Å². The summed E-state index contributed by atoms with van der Waals surface area (Å²) in [6.45, 7) is 10.5. The molecule has 0 bridgehead atoms. The zero-order valence-corrected chi connectivity index (χ0v) is 18.6. The van der Waals surface area contributed by atoms with Gasteiger partial charge in [-0.15, -0.1) is 0 Å². The molecule has 0 unspecified atom stereocenters. The van der Waals surface area contributed by atoms with Crippen LogP contribution in [-0.2, 0) is 9.53 Å². The standard InChI is InChI=1S/C24H28O6/c1-13-14(2)16(4)24(17(5)15(13)3)20(26)11-30-23(27)12-29-21-9-8-19(18(6)25)10-22(21)28-7/h8-10H,11-12H2,1-7H3. The molecule has 2 rings (SSSR count). The Morgan fingerprint density at radius 3 is 1.90 bits per heavy atom. The maximum atomic E-state index is 12.7. The van der Waals surface area contributed by atoms with Gasteiger partial charge in [0.05, 0.1) is 7.11 Å². The second kappa shape index (κ2) is 9.57. The lowest BCUT2D eigenvalue weighted by Gasteiger charge is -2.18. The van der Waals surface area contributed by atoms with Crippen LogP contribution >= 0.6 is 0 Å². The molecule has 0 heterocycles. The molecule has 0 saturated carbocycles. The summed E-state index contributed by atoms with van der Waals surface area (Å²) < 4.78 is 15.8. The van der Waals surface area contributed by atoms with E-state index in [1.54, 1.807) is 18.2 Å². The minimum atomic E-state index is -0.670. The first-order valence-electron chi connectivity index (χ1n) is 9.66. The lowest BCUT2D eigenvalue weighted by Crippen LogP contribution is -2.21. The van der Waals surface area contributed by atoms with E-state index in [1.165, 1.54) is 14.0 Å². The summed E-state index contributed by atoms with van der Waals surface area (Å²) >= 11 is 0. The van der Waals surface area contributed by atoms with Gasteiger partial charge in [0.15, 0.2) is 30.5 Å². The van der Waals surface area contributed by atoms with Gasteiger partial charge in [0.1, 0.15) is 0 Å². The van der Waals surface area contributed by atoms with E-state index in [2.05, 4.69) is 0 Å². The first-order valence-corrected chi connectivity index (χ1v) is 9.66. The lowest BCUT2D eigenvalue weighted by molar-refractivity contribution is -0.144. The fourth-order valence-electron chi connectivity index (χ4n) is 3.32. The van der Waals surface area contributed by atoms with E-state index in [-0.39, 0.29) is 24.8 Å². The van der Waals surface area contributed by atoms with Gasteiger partial charge in [-0.2, -0.15) is 0 Å². The second-order valence-corrected chi connectivity index (χ2v) is 7.29. The average molecular weight is 412 g/mol. The molecule has 0 aliphatic carbocycles. The van der Waals surface area contributed by atoms with Crippen molar-refractivity contribution >= 4 is 17.5 Å². The fourth-order valence-corrected chi connectivity index (χ4v) is 3.32. The molecule has 2 aromatic carbocycles. The Kier molecular flexibility index (Phi) is 7.38. The molecule has 0 amide bonds. The number of ketones is 2. The van der Waals surface area contributed by atoms with Crippen LogP contribution in [0.25, 0.3) is 0 Å². The van der Waals surface area contributed by atoms with Crippen molar-refractivity contribution in [3.8, 4) is 11.5 Å². The maximum Gasteiger partial charge on any atom is 0.344 e. The van der Waals surface area contributed by atoms with Crippen molar-refractivity contribution in [1.82, 2.24) is 0 Å². The van der Waals surface area contributed by atoms with Crippen LogP contribution in [0.1, 0.15) is 55.5 Å². The number of carbonyl (C=O) groups excluding carboxylic acids is 3. The molecule has 0 N–H and O–H groups in total. The fraction of sp³-hybridized carbons (Fsp3) is 0.375. The summed E-state index contributed by atoms with van der Waals surface area (Å²) in [5.41, 5.74) is 6.19. The predicted molar refractivity (Wildman–Crippen MR) is 114 cm³/mol. The Morgan fingerprint density at radius 1 is 0.800 bits per heavy atom. The third-order valence-corrected chi connectivity index (χ3v) is 5.56. The summed E-state index contributed by atoms with van der Waals surface area (Å²) in [7, 11) is 1.44. The van der Waals surface area contributed by atoms with Gasteiger partial charge in [0.2, 0.25) is 5.78 Å². The number of hydrogen-bond acceptors (Lipinski definition) is 6. The Hall–Kier alpha value is -3.15. The lowest BCUT2D eigenvalue weighted by atomic mass is 9.88. The number of benzene rings is 2. The third kappa shape index (κ3) is 4.87. The molecule has 0 aliphatic rings. The molecule has 0 aliphatic heterocycles. The van der Waals surface area contributed by atoms with Crippen molar-refractivity contribution < 1.29 is 28.6 Å². The van der Waals surface area contributed by atoms with Gasteiger partial charge in [0, 0.05) is 11.1 Å². The van der Waals surface area contributed by atoms with E-state index in [1.807, 2.05) is 34.6 Å². The molecule has 0 radical (unpaired) electrons. The number of carbonyl (C=O) groups is 3. The summed E-state index contributed by atoms with van der Waals surface area (Å²) in [5, 5.41) is 0. The Balaban J connectivity index is 2.03. The number of rotatable bonds is 8. The monoisotopic (exact) mass is 412 g/mol. The molecule has 6 nitrogen and oxygen atoms in total. The summed E-state index contributed by atoms with van der Waals surface area (Å²) in [6.07, 6.45) is 0. The second-order valence-electron chi connectivity index (χ2n) is 7.29. The number of hydrogen-bond donors (Lipinski definition) is 0. The van der Waals surface area contributed by atoms with Crippen LogP contribution in [0, 0.1) is 34.6 Å². The number of ether oxygens (including phenoxy) is 3. The van der Waals surface area contributed by atoms with Gasteiger partial charge >= 0.3 is 5.97 Å². The van der Waals surface area contributed by atoms with Gasteiger partial charge in [-0.05, 0) is 87.6 Å². The van der Waals surface area contributed by atoms with Crippen molar-refractivity contribution in [2.24, 2.45) is 0 Å². The molecule has 2 aromatic rings. The van der Waals surface area contributed by atoms with Gasteiger partial charge < -0.3 is 14.2 Å². The number of methoxy groups -OCH3 is 1. The largest absolute Gasteiger partial charge is 0.493 e. The van der Waals surface area contributed by atoms with E-state index < -0.39 is 5.97 Å². The minimum absolute atomic E-state index is 0.107. The highest BCUT2D eigenvalue weighted by Crippen LogP contribution is 2.28. The van der Waals surface area contributed by atoms with Crippen molar-refractivity contribution in [2.75, 3.05) is 20.3 Å². The van der Waals surface area contributed by atoms with Crippen LogP contribution in [0.5, 0.6) is 11.5 Å². The highest BCUT2D eigenvalue weighted by molar-refractivity contribution is 6.01. The van der Waals surface area contributed by atoms with Gasteiger partial charge in [-0.25, -0.2) is 4.79 Å². The minimum Gasteiger partial charge on any atom is -0.493 e. The molecule has 0 aromatic heterocycles. The average Bonchev–Trinajstić information content (AvgIpc) is 2.73. The van der Waals surface area contributed by atoms with Crippen LogP contribution in [-0.4, -0.2) is 37.9 Å². The van der Waals surface area contributed by atoms with Crippen LogP contribution in [0.3, 0.4) is 0 Å². The first kappa shape index (κ1) is 23.1. The van der Waals surface area contributed by atoms with Crippen molar-refractivity contribution in [3.05, 3.63) is 57.1 Å². The van der Waals surface area contributed by atoms with E-state index in [0.29, 0.717) is 22.6 Å². The third-order valence-electron chi connectivity index (χ3n) is 5.56. The zero-order valence-electron chi connectivity index (χ0n) is 18.6. The van der Waals surface area contributed by atoms with Crippen molar-refractivity contribution in [1.29, 1.82) is 0 Å². The van der Waals surface area contributed by atoms with Crippen LogP contribution in [0.15, 0.2) is 18.2 Å². The summed E-state index contributed by atoms with van der Waals surface area (Å²) in [6, 6.07) is 4.68. The highest BCUT2D eigenvalue weighted by atomic mass is 16.6. The number of Topliss-reactive ketones (excluding diaryl/α,β-unsaturated/α-hetero) is 2. The first-order chi connectivity index (χ1) is 14.1. The molecule has 6 heteroatoms. The molecular formula is C24H28O6. The quantitative estimate of drug-likeness (QED) is 0.477. The summed E-state index contributed by atoms with van der Waals surface area (Å²) in [5.74, 6) is -0.375. The van der Waals surface area contributed by atoms with E-state index in [4.69, 9.17) is 14.2 Å². The van der Waals surface area contributed by atoms with Crippen LogP contribution < -0.4 is 9.47 Å². The van der Waals surface area contributed by atoms with Crippen LogP contribution in [0.2, 0.25) is 0 Å². The molecule has 30 heavy (non-hydrogen) atoms. The predicted octanol–water partition coefficient (Wildman–Crippen LogP) is 4.24. The summed E-state index contributed by atoms with van der Waals surface area (Å²) in [4.78, 5) is 36.3. The molecule has 0 spiro atoms. The van der Waals surface area contributed by atoms with E-state index in [9.17, 15) is 14.4 Å². The van der Waals surface area contributed by atoms with Gasteiger partial charge in [0.25, 0.3) is 0 Å². The van der Waals surface area contributed by atoms with Gasteiger partial charge in [-0.1, -0.05) is 0 Å². The molecule has 0 fully saturated rings.